The summed E-state index contributed by atoms with van der Waals surface area (Å²) < 4.78 is 7.68. The molecule has 0 unspecified atom stereocenters. The van der Waals surface area contributed by atoms with E-state index in [4.69, 9.17) is 16.3 Å². The van der Waals surface area contributed by atoms with E-state index in [9.17, 15) is 5.11 Å². The molecule has 2 aromatic carbocycles. The van der Waals surface area contributed by atoms with Crippen LogP contribution in [0.3, 0.4) is 0 Å². The molecular formula is C23H28ClN3O2. The van der Waals surface area contributed by atoms with Gasteiger partial charge >= 0.3 is 0 Å². The van der Waals surface area contributed by atoms with Crippen LogP contribution in [0.2, 0.25) is 5.15 Å². The van der Waals surface area contributed by atoms with Crippen molar-refractivity contribution in [3.63, 3.8) is 0 Å². The molecule has 5 nitrogen and oxygen atoms in total. The second kappa shape index (κ2) is 9.92. The van der Waals surface area contributed by atoms with Crippen LogP contribution in [0, 0.1) is 12.8 Å². The van der Waals surface area contributed by atoms with Crippen molar-refractivity contribution in [3.05, 3.63) is 76.6 Å². The van der Waals surface area contributed by atoms with Crippen LogP contribution < -0.4 is 10.1 Å². The number of hydrogen-bond donors (Lipinski definition) is 2. The number of aliphatic hydroxyl groups is 1. The Morgan fingerprint density at radius 3 is 2.41 bits per heavy atom. The Bertz CT molecular complexity index is 908. The lowest BCUT2D eigenvalue weighted by Gasteiger charge is -2.20. The van der Waals surface area contributed by atoms with Crippen molar-refractivity contribution in [2.75, 3.05) is 6.61 Å². The minimum atomic E-state index is 0.0946. The van der Waals surface area contributed by atoms with E-state index < -0.39 is 0 Å². The average molecular weight is 414 g/mol. The molecule has 0 aliphatic heterocycles. The summed E-state index contributed by atoms with van der Waals surface area (Å²) in [7, 11) is 0. The minimum absolute atomic E-state index is 0.0946. The summed E-state index contributed by atoms with van der Waals surface area (Å²) in [5.74, 6) is 1.16. The van der Waals surface area contributed by atoms with Gasteiger partial charge in [-0.1, -0.05) is 55.8 Å². The van der Waals surface area contributed by atoms with Gasteiger partial charge in [-0.2, -0.15) is 5.10 Å². The van der Waals surface area contributed by atoms with Crippen molar-refractivity contribution >= 4 is 11.6 Å². The van der Waals surface area contributed by atoms with Crippen LogP contribution in [0.15, 0.2) is 54.6 Å². The average Bonchev–Trinajstić information content (AvgIpc) is 3.02. The minimum Gasteiger partial charge on any atom is -0.489 e. The second-order valence-corrected chi connectivity index (χ2v) is 7.81. The molecule has 3 rings (SSSR count). The molecule has 0 radical (unpaired) electrons. The van der Waals surface area contributed by atoms with Crippen LogP contribution in [0.1, 0.15) is 30.7 Å². The molecule has 1 heterocycles. The maximum absolute atomic E-state index is 9.42. The number of nitrogens with one attached hydrogen (secondary N) is 1. The molecule has 0 spiro atoms. The zero-order valence-electron chi connectivity index (χ0n) is 17.1. The number of nitrogens with zero attached hydrogens (tertiary/aromatic N) is 2. The van der Waals surface area contributed by atoms with Crippen molar-refractivity contribution in [1.29, 1.82) is 0 Å². The van der Waals surface area contributed by atoms with Crippen LogP contribution in [0.4, 0.5) is 0 Å². The van der Waals surface area contributed by atoms with Gasteiger partial charge in [0, 0.05) is 18.2 Å². The largest absolute Gasteiger partial charge is 0.489 e. The number of ether oxygens (including phenoxy) is 1. The Hall–Kier alpha value is -2.34. The third kappa shape index (κ3) is 5.38. The third-order valence-corrected chi connectivity index (χ3v) is 5.39. The monoisotopic (exact) mass is 413 g/mol. The molecule has 1 atom stereocenters. The number of para-hydroxylation sites is 1. The van der Waals surface area contributed by atoms with Gasteiger partial charge in [0.1, 0.15) is 17.5 Å². The first kappa shape index (κ1) is 21.4. The maximum Gasteiger partial charge on any atom is 0.139 e. The van der Waals surface area contributed by atoms with Crippen molar-refractivity contribution in [1.82, 2.24) is 15.1 Å². The maximum atomic E-state index is 9.42. The summed E-state index contributed by atoms with van der Waals surface area (Å²) in [5, 5.41) is 17.9. The summed E-state index contributed by atoms with van der Waals surface area (Å²) in [4.78, 5) is 0. The van der Waals surface area contributed by atoms with Gasteiger partial charge in [0.15, 0.2) is 0 Å². The molecule has 0 aliphatic carbocycles. The zero-order chi connectivity index (χ0) is 20.8. The number of benzene rings is 2. The predicted octanol–water partition coefficient (Wildman–Crippen LogP) is 4.52. The van der Waals surface area contributed by atoms with E-state index in [0.717, 1.165) is 28.3 Å². The lowest BCUT2D eigenvalue weighted by atomic mass is 10.1. The molecule has 0 bridgehead atoms. The Morgan fingerprint density at radius 2 is 1.79 bits per heavy atom. The van der Waals surface area contributed by atoms with Crippen molar-refractivity contribution in [2.24, 2.45) is 5.92 Å². The van der Waals surface area contributed by atoms with Crippen LogP contribution in [0.25, 0.3) is 5.69 Å². The van der Waals surface area contributed by atoms with Crippen molar-refractivity contribution < 1.29 is 9.84 Å². The molecule has 2 N–H and O–H groups in total. The van der Waals surface area contributed by atoms with E-state index in [1.54, 1.807) is 4.68 Å². The fourth-order valence-corrected chi connectivity index (χ4v) is 3.38. The molecular weight excluding hydrogens is 386 g/mol. The summed E-state index contributed by atoms with van der Waals surface area (Å²) >= 11 is 6.56. The molecule has 0 aliphatic rings. The van der Waals surface area contributed by atoms with Crippen LogP contribution in [-0.2, 0) is 13.2 Å². The van der Waals surface area contributed by atoms with Gasteiger partial charge in [-0.15, -0.1) is 0 Å². The first-order chi connectivity index (χ1) is 14.0. The number of halogens is 1. The molecule has 6 heteroatoms. The van der Waals surface area contributed by atoms with Gasteiger partial charge in [0.2, 0.25) is 0 Å². The summed E-state index contributed by atoms with van der Waals surface area (Å²) in [6, 6.07) is 17.9. The predicted molar refractivity (Wildman–Crippen MR) is 117 cm³/mol. The summed E-state index contributed by atoms with van der Waals surface area (Å²) in [6.07, 6.45) is 0. The smallest absolute Gasteiger partial charge is 0.139 e. The molecule has 154 valence electrons. The van der Waals surface area contributed by atoms with Crippen molar-refractivity contribution in [3.8, 4) is 11.4 Å². The van der Waals surface area contributed by atoms with Crippen molar-refractivity contribution in [2.45, 2.75) is 40.0 Å². The summed E-state index contributed by atoms with van der Waals surface area (Å²) in [6.45, 7) is 7.32. The molecule has 0 amide bonds. The first-order valence-corrected chi connectivity index (χ1v) is 10.2. The van der Waals surface area contributed by atoms with E-state index in [1.807, 2.05) is 61.5 Å². The van der Waals surface area contributed by atoms with Gasteiger partial charge in [-0.3, -0.25) is 0 Å². The van der Waals surface area contributed by atoms with E-state index in [2.05, 4.69) is 24.3 Å². The highest BCUT2D eigenvalue weighted by molar-refractivity contribution is 6.30. The van der Waals surface area contributed by atoms with Gasteiger partial charge in [-0.05, 0) is 42.7 Å². The second-order valence-electron chi connectivity index (χ2n) is 7.45. The first-order valence-electron chi connectivity index (χ1n) is 9.85. The normalized spacial score (nSPS) is 12.3. The zero-order valence-corrected chi connectivity index (χ0v) is 17.9. The number of aromatic nitrogens is 2. The quantitative estimate of drug-likeness (QED) is 0.541. The van der Waals surface area contributed by atoms with Gasteiger partial charge < -0.3 is 15.2 Å². The fraction of sp³-hybridized carbons (Fsp3) is 0.348. The highest BCUT2D eigenvalue weighted by Gasteiger charge is 2.15. The Labute approximate surface area is 177 Å². The Morgan fingerprint density at radius 1 is 1.10 bits per heavy atom. The fourth-order valence-electron chi connectivity index (χ4n) is 3.05. The molecule has 0 saturated carbocycles. The van der Waals surface area contributed by atoms with Crippen LogP contribution in [0.5, 0.6) is 5.75 Å². The van der Waals surface area contributed by atoms with E-state index >= 15 is 0 Å². The Kier molecular flexibility index (Phi) is 7.31. The lowest BCUT2D eigenvalue weighted by molar-refractivity contribution is 0.210. The number of aryl methyl sites for hydroxylation is 1. The van der Waals surface area contributed by atoms with E-state index in [-0.39, 0.29) is 12.6 Å². The number of hydrogen-bond acceptors (Lipinski definition) is 4. The van der Waals surface area contributed by atoms with Crippen LogP contribution in [-0.4, -0.2) is 27.5 Å². The molecule has 0 saturated heterocycles. The SMILES string of the molecule is Cc1nn(-c2ccccc2)c(Cl)c1COc1ccc(CN[C@H](CO)C(C)C)cc1. The molecule has 1 aromatic heterocycles. The number of aliphatic hydroxyl groups excluding tert-OH is 1. The lowest BCUT2D eigenvalue weighted by Crippen LogP contribution is -2.36. The third-order valence-electron chi connectivity index (χ3n) is 5.00. The molecule has 29 heavy (non-hydrogen) atoms. The van der Waals surface area contributed by atoms with Gasteiger partial charge in [0.05, 0.1) is 18.0 Å². The van der Waals surface area contributed by atoms with Gasteiger partial charge in [0.25, 0.3) is 0 Å². The van der Waals surface area contributed by atoms with Crippen LogP contribution >= 0.6 is 11.6 Å². The highest BCUT2D eigenvalue weighted by Crippen LogP contribution is 2.25. The Balaban J connectivity index is 1.61. The van der Waals surface area contributed by atoms with Gasteiger partial charge in [-0.25, -0.2) is 4.68 Å². The number of rotatable bonds is 9. The van der Waals surface area contributed by atoms with E-state index in [1.165, 1.54) is 0 Å². The highest BCUT2D eigenvalue weighted by atomic mass is 35.5. The summed E-state index contributed by atoms with van der Waals surface area (Å²) in [5.41, 5.74) is 3.79. The van der Waals surface area contributed by atoms with E-state index in [0.29, 0.717) is 24.2 Å². The topological polar surface area (TPSA) is 59.3 Å². The molecule has 0 fully saturated rings. The molecule has 3 aromatic rings. The standard InChI is InChI=1S/C23H28ClN3O2/c1-16(2)22(14-28)25-13-18-9-11-20(12-10-18)29-15-21-17(3)26-27(23(21)24)19-7-5-4-6-8-19/h4-12,16,22,25,28H,13-15H2,1-3H3/t22-/m1/s1.